The highest BCUT2D eigenvalue weighted by molar-refractivity contribution is 5.78. The van der Waals surface area contributed by atoms with Gasteiger partial charge in [-0.25, -0.2) is 0 Å². The van der Waals surface area contributed by atoms with Crippen LogP contribution < -0.4 is 4.74 Å². The SMILES string of the molecule is Cc1ccc(Oc2nc3ccccn3c2C=O)cc1C. The van der Waals surface area contributed by atoms with Crippen LogP contribution in [0, 0.1) is 13.8 Å². The van der Waals surface area contributed by atoms with Crippen LogP contribution in [0.15, 0.2) is 42.6 Å². The number of imidazole rings is 1. The number of hydrogen-bond donors (Lipinski definition) is 0. The lowest BCUT2D eigenvalue weighted by Crippen LogP contribution is -1.93. The van der Waals surface area contributed by atoms with E-state index >= 15 is 0 Å². The number of rotatable bonds is 3. The Morgan fingerprint density at radius 2 is 2.00 bits per heavy atom. The fourth-order valence-corrected chi connectivity index (χ4v) is 2.06. The van der Waals surface area contributed by atoms with Gasteiger partial charge in [0.15, 0.2) is 12.0 Å². The van der Waals surface area contributed by atoms with E-state index in [1.807, 2.05) is 50.2 Å². The van der Waals surface area contributed by atoms with Crippen LogP contribution in [-0.2, 0) is 0 Å². The van der Waals surface area contributed by atoms with Crippen LogP contribution in [0.4, 0.5) is 0 Å². The standard InChI is InChI=1S/C16H14N2O2/c1-11-6-7-13(9-12(11)2)20-16-14(10-19)18-8-4-3-5-15(18)17-16/h3-10H,1-2H3. The van der Waals surface area contributed by atoms with Crippen molar-refractivity contribution < 1.29 is 9.53 Å². The van der Waals surface area contributed by atoms with Crippen LogP contribution in [-0.4, -0.2) is 15.7 Å². The van der Waals surface area contributed by atoms with E-state index in [0.29, 0.717) is 23.0 Å². The van der Waals surface area contributed by atoms with Gasteiger partial charge in [0.25, 0.3) is 0 Å². The minimum atomic E-state index is 0.328. The zero-order valence-electron chi connectivity index (χ0n) is 11.3. The lowest BCUT2D eigenvalue weighted by Gasteiger charge is -2.05. The number of fused-ring (bicyclic) bond motifs is 1. The number of aldehydes is 1. The largest absolute Gasteiger partial charge is 0.437 e. The quantitative estimate of drug-likeness (QED) is 0.681. The Balaban J connectivity index is 2.05. The van der Waals surface area contributed by atoms with Gasteiger partial charge in [0.05, 0.1) is 0 Å². The van der Waals surface area contributed by atoms with Crippen LogP contribution in [0.2, 0.25) is 0 Å². The zero-order valence-corrected chi connectivity index (χ0v) is 11.3. The maximum Gasteiger partial charge on any atom is 0.249 e. The molecule has 0 saturated carbocycles. The highest BCUT2D eigenvalue weighted by Gasteiger charge is 2.13. The molecule has 4 heteroatoms. The predicted octanol–water partition coefficient (Wildman–Crippen LogP) is 3.56. The third kappa shape index (κ3) is 2.05. The third-order valence-electron chi connectivity index (χ3n) is 3.34. The maximum absolute atomic E-state index is 11.3. The number of carbonyl (C=O) groups is 1. The minimum Gasteiger partial charge on any atom is -0.437 e. The summed E-state index contributed by atoms with van der Waals surface area (Å²) in [5, 5.41) is 0. The second-order valence-corrected chi connectivity index (χ2v) is 4.70. The van der Waals surface area contributed by atoms with Crippen molar-refractivity contribution in [3.63, 3.8) is 0 Å². The van der Waals surface area contributed by atoms with E-state index in [4.69, 9.17) is 4.74 Å². The van der Waals surface area contributed by atoms with Gasteiger partial charge in [-0.2, -0.15) is 4.98 Å². The van der Waals surface area contributed by atoms with E-state index in [2.05, 4.69) is 4.98 Å². The molecule has 4 nitrogen and oxygen atoms in total. The molecule has 2 heterocycles. The average Bonchev–Trinajstić information content (AvgIpc) is 2.80. The van der Waals surface area contributed by atoms with Gasteiger partial charge in [-0.3, -0.25) is 9.20 Å². The Bertz CT molecular complexity index is 790. The summed E-state index contributed by atoms with van der Waals surface area (Å²) in [6, 6.07) is 11.4. The van der Waals surface area contributed by atoms with Gasteiger partial charge in [0, 0.05) is 6.20 Å². The Morgan fingerprint density at radius 3 is 2.75 bits per heavy atom. The Morgan fingerprint density at radius 1 is 1.15 bits per heavy atom. The summed E-state index contributed by atoms with van der Waals surface area (Å²) >= 11 is 0. The molecule has 20 heavy (non-hydrogen) atoms. The van der Waals surface area contributed by atoms with Crippen molar-refractivity contribution in [1.82, 2.24) is 9.38 Å². The summed E-state index contributed by atoms with van der Waals surface area (Å²) in [6.07, 6.45) is 2.55. The zero-order chi connectivity index (χ0) is 14.1. The molecule has 0 radical (unpaired) electrons. The molecule has 0 atom stereocenters. The van der Waals surface area contributed by atoms with Gasteiger partial charge in [-0.05, 0) is 49.2 Å². The Kier molecular flexibility index (Phi) is 2.99. The highest BCUT2D eigenvalue weighted by Crippen LogP contribution is 2.26. The predicted molar refractivity (Wildman–Crippen MR) is 76.6 cm³/mol. The molecule has 0 aliphatic carbocycles. The topological polar surface area (TPSA) is 43.6 Å². The van der Waals surface area contributed by atoms with E-state index < -0.39 is 0 Å². The highest BCUT2D eigenvalue weighted by atomic mass is 16.5. The summed E-state index contributed by atoms with van der Waals surface area (Å²) in [4.78, 5) is 15.6. The van der Waals surface area contributed by atoms with E-state index in [1.165, 1.54) is 5.56 Å². The molecule has 0 amide bonds. The van der Waals surface area contributed by atoms with E-state index in [1.54, 1.807) is 10.6 Å². The second kappa shape index (κ2) is 4.81. The number of aromatic nitrogens is 2. The molecule has 100 valence electrons. The van der Waals surface area contributed by atoms with Gasteiger partial charge < -0.3 is 4.74 Å². The smallest absolute Gasteiger partial charge is 0.249 e. The van der Waals surface area contributed by atoms with Crippen LogP contribution in [0.3, 0.4) is 0 Å². The number of hydrogen-bond acceptors (Lipinski definition) is 3. The van der Waals surface area contributed by atoms with E-state index in [9.17, 15) is 4.79 Å². The first-order valence-corrected chi connectivity index (χ1v) is 6.36. The molecule has 2 aromatic heterocycles. The molecule has 0 aliphatic rings. The van der Waals surface area contributed by atoms with Crippen LogP contribution >= 0.6 is 0 Å². The molecule has 0 unspecified atom stereocenters. The lowest BCUT2D eigenvalue weighted by molar-refractivity contribution is 0.111. The summed E-state index contributed by atoms with van der Waals surface area (Å²) < 4.78 is 7.47. The van der Waals surface area contributed by atoms with E-state index in [0.717, 1.165) is 11.8 Å². The van der Waals surface area contributed by atoms with E-state index in [-0.39, 0.29) is 0 Å². The van der Waals surface area contributed by atoms with Crippen molar-refractivity contribution in [3.05, 3.63) is 59.4 Å². The van der Waals surface area contributed by atoms with Crippen LogP contribution in [0.5, 0.6) is 11.6 Å². The third-order valence-corrected chi connectivity index (χ3v) is 3.34. The van der Waals surface area contributed by atoms with Crippen molar-refractivity contribution >= 4 is 11.9 Å². The van der Waals surface area contributed by atoms with Crippen molar-refractivity contribution in [1.29, 1.82) is 0 Å². The van der Waals surface area contributed by atoms with Crippen LogP contribution in [0.25, 0.3) is 5.65 Å². The van der Waals surface area contributed by atoms with Crippen LogP contribution in [0.1, 0.15) is 21.6 Å². The summed E-state index contributed by atoms with van der Waals surface area (Å²) in [6.45, 7) is 4.06. The Labute approximate surface area is 116 Å². The van der Waals surface area contributed by atoms with Crippen molar-refractivity contribution in [2.24, 2.45) is 0 Å². The minimum absolute atomic E-state index is 0.328. The molecular formula is C16H14N2O2. The molecule has 0 bridgehead atoms. The fraction of sp³-hybridized carbons (Fsp3) is 0.125. The number of pyridine rings is 1. The number of carbonyl (C=O) groups excluding carboxylic acids is 1. The summed E-state index contributed by atoms with van der Waals surface area (Å²) in [5.41, 5.74) is 3.44. The van der Waals surface area contributed by atoms with Gasteiger partial charge >= 0.3 is 0 Å². The van der Waals surface area contributed by atoms with Gasteiger partial charge in [0.2, 0.25) is 5.88 Å². The fourth-order valence-electron chi connectivity index (χ4n) is 2.06. The number of benzene rings is 1. The average molecular weight is 266 g/mol. The monoisotopic (exact) mass is 266 g/mol. The lowest BCUT2D eigenvalue weighted by atomic mass is 10.1. The van der Waals surface area contributed by atoms with Gasteiger partial charge in [-0.1, -0.05) is 12.1 Å². The summed E-state index contributed by atoms with van der Waals surface area (Å²) in [7, 11) is 0. The molecular weight excluding hydrogens is 252 g/mol. The molecule has 1 aromatic carbocycles. The Hall–Kier alpha value is -2.62. The number of ether oxygens (including phenoxy) is 1. The van der Waals surface area contributed by atoms with Crippen molar-refractivity contribution in [2.45, 2.75) is 13.8 Å². The first-order valence-electron chi connectivity index (χ1n) is 6.36. The van der Waals surface area contributed by atoms with Gasteiger partial charge in [-0.15, -0.1) is 0 Å². The second-order valence-electron chi connectivity index (χ2n) is 4.70. The molecule has 0 fully saturated rings. The first kappa shape index (κ1) is 12.4. The maximum atomic E-state index is 11.3. The van der Waals surface area contributed by atoms with Crippen molar-refractivity contribution in [2.75, 3.05) is 0 Å². The first-order chi connectivity index (χ1) is 9.69. The normalized spacial score (nSPS) is 10.7. The molecule has 0 aliphatic heterocycles. The molecule has 3 aromatic rings. The van der Waals surface area contributed by atoms with Gasteiger partial charge in [0.1, 0.15) is 11.4 Å². The summed E-state index contributed by atoms with van der Waals surface area (Å²) in [5.74, 6) is 1.01. The van der Waals surface area contributed by atoms with Crippen molar-refractivity contribution in [3.8, 4) is 11.6 Å². The molecule has 0 saturated heterocycles. The number of nitrogens with zero attached hydrogens (tertiary/aromatic N) is 2. The number of aryl methyl sites for hydroxylation is 2. The molecule has 0 N–H and O–H groups in total. The molecule has 3 rings (SSSR count). The molecule has 0 spiro atoms.